The Labute approximate surface area is 189 Å². The second-order valence-electron chi connectivity index (χ2n) is 7.03. The van der Waals surface area contributed by atoms with E-state index in [1.807, 2.05) is 85.8 Å². The second-order valence-corrected chi connectivity index (χ2v) is 7.03. The van der Waals surface area contributed by atoms with Gasteiger partial charge < -0.3 is 14.2 Å². The van der Waals surface area contributed by atoms with Crippen molar-refractivity contribution in [3.8, 4) is 23.0 Å². The summed E-state index contributed by atoms with van der Waals surface area (Å²) in [5.41, 5.74) is 2.43. The third-order valence-electron chi connectivity index (χ3n) is 4.67. The molecule has 0 bridgehead atoms. The van der Waals surface area contributed by atoms with Crippen molar-refractivity contribution in [1.82, 2.24) is 0 Å². The van der Waals surface area contributed by atoms with E-state index in [1.54, 1.807) is 24.3 Å². The summed E-state index contributed by atoms with van der Waals surface area (Å²) in [5, 5.41) is 0. The Balaban J connectivity index is 0.00000289. The number of ether oxygens (including phenoxy) is 3. The zero-order valence-electron chi connectivity index (χ0n) is 17.2. The summed E-state index contributed by atoms with van der Waals surface area (Å²) in [6.45, 7) is 2.23. The van der Waals surface area contributed by atoms with Gasteiger partial charge in [0.25, 0.3) is 0 Å². The van der Waals surface area contributed by atoms with Crippen LogP contribution in [0.1, 0.15) is 28.9 Å². The Morgan fingerprint density at radius 1 is 0.688 bits per heavy atom. The Kier molecular flexibility index (Phi) is 7.65. The van der Waals surface area contributed by atoms with E-state index in [2.05, 4.69) is 0 Å². The van der Waals surface area contributed by atoms with Crippen molar-refractivity contribution >= 4 is 5.97 Å². The van der Waals surface area contributed by atoms with Gasteiger partial charge in [-0.3, -0.25) is 0 Å². The van der Waals surface area contributed by atoms with Gasteiger partial charge in [0.15, 0.2) is 0 Å². The fraction of sp³-hybridized carbons (Fsp3) is 0.107. The number of carbonyl (C=O) groups excluding carboxylic acids is 1. The van der Waals surface area contributed by atoms with E-state index in [9.17, 15) is 4.79 Å². The number of hydrogen-bond donors (Lipinski definition) is 0. The molecule has 4 aromatic rings. The fourth-order valence-electron chi connectivity index (χ4n) is 2.97. The second kappa shape index (κ2) is 10.8. The Morgan fingerprint density at radius 3 is 1.97 bits per heavy atom. The molecule has 0 N–H and O–H groups in total. The minimum Gasteiger partial charge on any atom is -0.457 e. The summed E-state index contributed by atoms with van der Waals surface area (Å²) in [5.74, 6) is 2.39. The van der Waals surface area contributed by atoms with Crippen LogP contribution in [0, 0.1) is 6.92 Å². The largest absolute Gasteiger partial charge is 0.457 e. The molecule has 0 unspecified atom stereocenters. The van der Waals surface area contributed by atoms with Gasteiger partial charge in [-0.05, 0) is 60.5 Å². The van der Waals surface area contributed by atoms with E-state index < -0.39 is 0 Å². The van der Waals surface area contributed by atoms with Crippen molar-refractivity contribution in [2.24, 2.45) is 0 Å². The average molecular weight is 427 g/mol. The summed E-state index contributed by atoms with van der Waals surface area (Å²) >= 11 is 0. The van der Waals surface area contributed by atoms with Crippen molar-refractivity contribution in [3.63, 3.8) is 0 Å². The maximum atomic E-state index is 12.3. The minimum absolute atomic E-state index is 0. The number of carbonyl (C=O) groups is 1. The maximum Gasteiger partial charge on any atom is 0.338 e. The molecule has 4 heteroatoms. The number of esters is 1. The van der Waals surface area contributed by atoms with Gasteiger partial charge >= 0.3 is 5.97 Å². The first-order valence-corrected chi connectivity index (χ1v) is 10.00. The molecule has 32 heavy (non-hydrogen) atoms. The van der Waals surface area contributed by atoms with Crippen molar-refractivity contribution in [2.75, 3.05) is 0 Å². The van der Waals surface area contributed by atoms with Crippen molar-refractivity contribution in [3.05, 3.63) is 120 Å². The number of aryl methyl sites for hydroxylation is 1. The van der Waals surface area contributed by atoms with Gasteiger partial charge in [-0.1, -0.05) is 62.0 Å². The highest BCUT2D eigenvalue weighted by Gasteiger charge is 2.09. The van der Waals surface area contributed by atoms with E-state index in [-0.39, 0.29) is 20.0 Å². The van der Waals surface area contributed by atoms with E-state index in [4.69, 9.17) is 14.2 Å². The van der Waals surface area contributed by atoms with Crippen LogP contribution >= 0.6 is 0 Å². The van der Waals surface area contributed by atoms with Crippen molar-refractivity contribution < 1.29 is 19.0 Å². The molecule has 4 rings (SSSR count). The van der Waals surface area contributed by atoms with Crippen molar-refractivity contribution in [1.29, 1.82) is 0 Å². The number of hydrogen-bond acceptors (Lipinski definition) is 4. The molecular weight excluding hydrogens is 400 g/mol. The maximum absolute atomic E-state index is 12.3. The predicted molar refractivity (Wildman–Crippen MR) is 127 cm³/mol. The van der Waals surface area contributed by atoms with Gasteiger partial charge in [0.1, 0.15) is 29.6 Å². The quantitative estimate of drug-likeness (QED) is 0.286. The lowest BCUT2D eigenvalue weighted by molar-refractivity contribution is 0.0472. The molecule has 162 valence electrons. The molecule has 0 radical (unpaired) electrons. The van der Waals surface area contributed by atoms with Crippen LogP contribution in [0.2, 0.25) is 0 Å². The molecule has 0 spiro atoms. The molecule has 0 amide bonds. The van der Waals surface area contributed by atoms with E-state index >= 15 is 0 Å². The van der Waals surface area contributed by atoms with Gasteiger partial charge in [-0.2, -0.15) is 0 Å². The lowest BCUT2D eigenvalue weighted by atomic mass is 10.2. The van der Waals surface area contributed by atoms with E-state index in [0.29, 0.717) is 17.1 Å². The van der Waals surface area contributed by atoms with Crippen LogP contribution in [-0.4, -0.2) is 5.97 Å². The predicted octanol–water partition coefficient (Wildman–Crippen LogP) is 7.57. The molecule has 0 heterocycles. The summed E-state index contributed by atoms with van der Waals surface area (Å²) in [6.07, 6.45) is 0. The molecule has 0 fully saturated rings. The van der Waals surface area contributed by atoms with Gasteiger partial charge in [0.05, 0.1) is 5.56 Å². The highest BCUT2D eigenvalue weighted by molar-refractivity contribution is 5.89. The number of para-hydroxylation sites is 1. The zero-order chi connectivity index (χ0) is 21.5. The first-order valence-electron chi connectivity index (χ1n) is 10.00. The van der Waals surface area contributed by atoms with Crippen LogP contribution in [0.4, 0.5) is 0 Å². The van der Waals surface area contributed by atoms with Crippen LogP contribution in [0.25, 0.3) is 0 Å². The molecule has 0 saturated heterocycles. The first-order chi connectivity index (χ1) is 15.2. The summed E-state index contributed by atoms with van der Waals surface area (Å²) in [4.78, 5) is 12.3. The third kappa shape index (κ3) is 5.99. The van der Waals surface area contributed by atoms with Gasteiger partial charge in [0, 0.05) is 6.07 Å². The molecule has 0 atom stereocenters. The van der Waals surface area contributed by atoms with E-state index in [0.717, 1.165) is 22.6 Å². The van der Waals surface area contributed by atoms with Gasteiger partial charge in [0.2, 0.25) is 0 Å². The minimum atomic E-state index is -0.371. The van der Waals surface area contributed by atoms with Crippen LogP contribution in [0.15, 0.2) is 103 Å². The molecule has 0 aliphatic heterocycles. The van der Waals surface area contributed by atoms with Crippen LogP contribution < -0.4 is 9.47 Å². The molecular formula is C28H26O4. The number of rotatable bonds is 7. The topological polar surface area (TPSA) is 44.8 Å². The third-order valence-corrected chi connectivity index (χ3v) is 4.67. The van der Waals surface area contributed by atoms with Crippen molar-refractivity contribution in [2.45, 2.75) is 21.0 Å². The summed E-state index contributed by atoms with van der Waals surface area (Å²) in [6, 6.07) is 31.8. The molecule has 0 aromatic heterocycles. The van der Waals surface area contributed by atoms with Crippen LogP contribution in [0.3, 0.4) is 0 Å². The van der Waals surface area contributed by atoms with Gasteiger partial charge in [-0.15, -0.1) is 0 Å². The zero-order valence-corrected chi connectivity index (χ0v) is 17.2. The smallest absolute Gasteiger partial charge is 0.338 e. The summed E-state index contributed by atoms with van der Waals surface area (Å²) < 4.78 is 17.3. The average Bonchev–Trinajstić information content (AvgIpc) is 2.81. The Morgan fingerprint density at radius 2 is 1.28 bits per heavy atom. The molecule has 4 aromatic carbocycles. The fourth-order valence-corrected chi connectivity index (χ4v) is 2.97. The van der Waals surface area contributed by atoms with Gasteiger partial charge in [-0.25, -0.2) is 4.79 Å². The Bertz CT molecular complexity index is 1140. The Hall–Kier alpha value is -4.05. The monoisotopic (exact) mass is 426 g/mol. The molecule has 4 nitrogen and oxygen atoms in total. The lowest BCUT2D eigenvalue weighted by Gasteiger charge is -2.12. The molecule has 0 saturated carbocycles. The highest BCUT2D eigenvalue weighted by atomic mass is 16.5. The molecule has 0 aliphatic rings. The molecule has 0 aliphatic carbocycles. The van der Waals surface area contributed by atoms with E-state index in [1.165, 1.54) is 0 Å². The van der Waals surface area contributed by atoms with Crippen LogP contribution in [-0.2, 0) is 11.3 Å². The first kappa shape index (κ1) is 22.6. The lowest BCUT2D eigenvalue weighted by Crippen LogP contribution is -2.05. The normalized spacial score (nSPS) is 10.0. The van der Waals surface area contributed by atoms with Crippen LogP contribution in [0.5, 0.6) is 23.0 Å². The standard InChI is InChI=1S/C27H22O4.CH4/c1-20-12-15-25(18-26(20)31-23-10-6-3-7-11-23)30-24-16-13-22(14-17-24)27(28)29-19-21-8-4-2-5-9-21;/h2-18H,19H2,1H3;1H4. The SMILES string of the molecule is C.Cc1ccc(Oc2ccc(C(=O)OCc3ccccc3)cc2)cc1Oc1ccccc1. The number of benzene rings is 4. The summed E-state index contributed by atoms with van der Waals surface area (Å²) in [7, 11) is 0. The highest BCUT2D eigenvalue weighted by Crippen LogP contribution is 2.31.